The minimum atomic E-state index is -5.84. The van der Waals surface area contributed by atoms with Crippen LogP contribution < -0.4 is 5.73 Å². The van der Waals surface area contributed by atoms with Crippen LogP contribution in [0.15, 0.2) is 0 Å². The van der Waals surface area contributed by atoms with Crippen LogP contribution >= 0.6 is 31.9 Å². The molecule has 0 spiro atoms. The van der Waals surface area contributed by atoms with Gasteiger partial charge in [-0.05, 0) is 0 Å². The van der Waals surface area contributed by atoms with Crippen molar-refractivity contribution in [2.24, 2.45) is 5.73 Å². The summed E-state index contributed by atoms with van der Waals surface area (Å²) >= 11 is 6.55. The van der Waals surface area contributed by atoms with Crippen LogP contribution in [-0.2, 0) is 10.1 Å². The van der Waals surface area contributed by atoms with Gasteiger partial charge in [-0.3, -0.25) is 4.55 Å². The molecule has 0 aliphatic carbocycles. The molecule has 10 heteroatoms. The Kier molecular flexibility index (Phi) is 8.50. The highest BCUT2D eigenvalue weighted by atomic mass is 79.9. The SMILES string of the molecule is NCC(Br)CBr.O=S(=O)(O)C(F)(F)F. The van der Waals surface area contributed by atoms with E-state index in [0.717, 1.165) is 5.33 Å². The molecule has 0 aromatic heterocycles. The van der Waals surface area contributed by atoms with Gasteiger partial charge in [-0.15, -0.1) is 0 Å². The Morgan fingerprint density at radius 2 is 1.71 bits per heavy atom. The van der Waals surface area contributed by atoms with Crippen molar-refractivity contribution >= 4 is 42.0 Å². The quantitative estimate of drug-likeness (QED) is 0.441. The molecule has 88 valence electrons. The lowest BCUT2D eigenvalue weighted by Crippen LogP contribution is -2.21. The Labute approximate surface area is 96.0 Å². The summed E-state index contributed by atoms with van der Waals surface area (Å²) in [6.45, 7) is 0.700. The van der Waals surface area contributed by atoms with E-state index in [1.165, 1.54) is 0 Å². The van der Waals surface area contributed by atoms with Crippen molar-refractivity contribution in [3.63, 3.8) is 0 Å². The highest BCUT2D eigenvalue weighted by Gasteiger charge is 2.44. The van der Waals surface area contributed by atoms with Crippen molar-refractivity contribution in [1.82, 2.24) is 0 Å². The molecule has 0 heterocycles. The van der Waals surface area contributed by atoms with E-state index in [0.29, 0.717) is 11.4 Å². The lowest BCUT2D eigenvalue weighted by molar-refractivity contribution is -0.0510. The molecule has 14 heavy (non-hydrogen) atoms. The lowest BCUT2D eigenvalue weighted by atomic mass is 10.5. The van der Waals surface area contributed by atoms with Gasteiger partial charge in [0.25, 0.3) is 0 Å². The van der Waals surface area contributed by atoms with Gasteiger partial charge >= 0.3 is 15.6 Å². The second-order valence-electron chi connectivity index (χ2n) is 1.91. The third-order valence-electron chi connectivity index (χ3n) is 0.716. The van der Waals surface area contributed by atoms with E-state index in [4.69, 9.17) is 18.7 Å². The molecule has 0 rings (SSSR count). The van der Waals surface area contributed by atoms with Crippen LogP contribution in [0, 0.1) is 0 Å². The largest absolute Gasteiger partial charge is 0.522 e. The van der Waals surface area contributed by atoms with Crippen molar-refractivity contribution in [2.45, 2.75) is 10.3 Å². The fourth-order valence-corrected chi connectivity index (χ4v) is 0.327. The Morgan fingerprint density at radius 1 is 1.43 bits per heavy atom. The molecule has 0 saturated heterocycles. The summed E-state index contributed by atoms with van der Waals surface area (Å²) in [6, 6.07) is 0. The summed E-state index contributed by atoms with van der Waals surface area (Å²) < 4.78 is 57.5. The summed E-state index contributed by atoms with van der Waals surface area (Å²) in [5.41, 5.74) is -0.329. The monoisotopic (exact) mass is 365 g/mol. The first-order valence-corrected chi connectivity index (χ1v) is 6.47. The minimum absolute atomic E-state index is 0.442. The summed E-state index contributed by atoms with van der Waals surface area (Å²) in [6.07, 6.45) is 0. The Hall–Kier alpha value is 0.620. The molecule has 0 saturated carbocycles. The van der Waals surface area contributed by atoms with Gasteiger partial charge in [0.15, 0.2) is 0 Å². The molecular formula is C4H8Br2F3NO3S. The van der Waals surface area contributed by atoms with Gasteiger partial charge in [0.2, 0.25) is 0 Å². The van der Waals surface area contributed by atoms with Crippen LogP contribution in [0.3, 0.4) is 0 Å². The first-order chi connectivity index (χ1) is 6.06. The Bertz CT molecular complexity index is 239. The average molecular weight is 367 g/mol. The Morgan fingerprint density at radius 3 is 1.71 bits per heavy atom. The third kappa shape index (κ3) is 9.19. The average Bonchev–Trinajstić information content (AvgIpc) is 2.00. The van der Waals surface area contributed by atoms with Crippen LogP contribution in [0.25, 0.3) is 0 Å². The number of alkyl halides is 5. The topological polar surface area (TPSA) is 80.4 Å². The van der Waals surface area contributed by atoms with Crippen molar-refractivity contribution in [2.75, 3.05) is 11.9 Å². The van der Waals surface area contributed by atoms with Crippen LogP contribution in [0.2, 0.25) is 0 Å². The molecule has 1 unspecified atom stereocenters. The second kappa shape index (κ2) is 6.99. The van der Waals surface area contributed by atoms with Crippen LogP contribution in [0.5, 0.6) is 0 Å². The molecule has 0 aliphatic rings. The highest BCUT2D eigenvalue weighted by Crippen LogP contribution is 2.20. The number of halogens is 5. The number of hydrogen-bond acceptors (Lipinski definition) is 3. The van der Waals surface area contributed by atoms with E-state index < -0.39 is 15.6 Å². The number of nitrogens with two attached hydrogens (primary N) is 1. The van der Waals surface area contributed by atoms with E-state index in [2.05, 4.69) is 31.9 Å². The summed E-state index contributed by atoms with van der Waals surface area (Å²) in [5.74, 6) is 0. The van der Waals surface area contributed by atoms with Gasteiger partial charge in [-0.2, -0.15) is 21.6 Å². The number of hydrogen-bond donors (Lipinski definition) is 2. The van der Waals surface area contributed by atoms with Crippen molar-refractivity contribution < 1.29 is 26.1 Å². The minimum Gasteiger partial charge on any atom is -0.329 e. The molecule has 0 radical (unpaired) electrons. The lowest BCUT2D eigenvalue weighted by Gasteiger charge is -1.97. The fourth-order valence-electron chi connectivity index (χ4n) is 0.0630. The van der Waals surface area contributed by atoms with Crippen molar-refractivity contribution in [3.8, 4) is 0 Å². The summed E-state index contributed by atoms with van der Waals surface area (Å²) in [4.78, 5) is 0.442. The molecule has 0 fully saturated rings. The zero-order valence-electron chi connectivity index (χ0n) is 6.63. The first-order valence-electron chi connectivity index (χ1n) is 3.00. The van der Waals surface area contributed by atoms with E-state index in [1.54, 1.807) is 0 Å². The molecule has 0 aromatic carbocycles. The zero-order valence-corrected chi connectivity index (χ0v) is 10.6. The molecule has 4 nitrogen and oxygen atoms in total. The van der Waals surface area contributed by atoms with E-state index in [9.17, 15) is 13.2 Å². The van der Waals surface area contributed by atoms with E-state index in [-0.39, 0.29) is 0 Å². The van der Waals surface area contributed by atoms with Gasteiger partial charge in [0, 0.05) is 16.7 Å². The van der Waals surface area contributed by atoms with Gasteiger partial charge in [0.05, 0.1) is 0 Å². The van der Waals surface area contributed by atoms with Gasteiger partial charge in [-0.25, -0.2) is 0 Å². The van der Waals surface area contributed by atoms with E-state index in [1.807, 2.05) is 0 Å². The smallest absolute Gasteiger partial charge is 0.329 e. The molecule has 0 bridgehead atoms. The van der Waals surface area contributed by atoms with E-state index >= 15 is 0 Å². The summed E-state index contributed by atoms with van der Waals surface area (Å²) in [5, 5.41) is 0.934. The standard InChI is InChI=1S/C3H7Br2N.CHF3O3S/c4-1-3(5)2-6;2-1(3,4)8(5,6)7/h3H,1-2,6H2;(H,5,6,7). The summed E-state index contributed by atoms with van der Waals surface area (Å²) in [7, 11) is -5.84. The molecule has 0 aliphatic heterocycles. The molecular weight excluding hydrogens is 359 g/mol. The first kappa shape index (κ1) is 17.0. The van der Waals surface area contributed by atoms with Gasteiger partial charge < -0.3 is 5.73 Å². The van der Waals surface area contributed by atoms with Gasteiger partial charge in [0.1, 0.15) is 0 Å². The zero-order chi connectivity index (χ0) is 12.0. The number of rotatable bonds is 2. The highest BCUT2D eigenvalue weighted by molar-refractivity contribution is 9.12. The third-order valence-corrected chi connectivity index (χ3v) is 3.65. The van der Waals surface area contributed by atoms with Crippen LogP contribution in [0.1, 0.15) is 0 Å². The second-order valence-corrected chi connectivity index (χ2v) is 5.26. The maximum absolute atomic E-state index is 10.7. The molecule has 0 amide bonds. The van der Waals surface area contributed by atoms with Crippen molar-refractivity contribution in [1.29, 1.82) is 0 Å². The molecule has 3 N–H and O–H groups in total. The van der Waals surface area contributed by atoms with Crippen LogP contribution in [-0.4, -0.2) is 35.2 Å². The van der Waals surface area contributed by atoms with Crippen LogP contribution in [0.4, 0.5) is 13.2 Å². The van der Waals surface area contributed by atoms with Gasteiger partial charge in [-0.1, -0.05) is 31.9 Å². The predicted molar refractivity (Wildman–Crippen MR) is 53.2 cm³/mol. The van der Waals surface area contributed by atoms with Crippen molar-refractivity contribution in [3.05, 3.63) is 0 Å². The maximum atomic E-state index is 10.7. The normalized spacial score (nSPS) is 14.2. The predicted octanol–water partition coefficient (Wildman–Crippen LogP) is 1.50. The fraction of sp³-hybridized carbons (Fsp3) is 1.00. The molecule has 1 atom stereocenters. The molecule has 0 aromatic rings. The Balaban J connectivity index is 0. The maximum Gasteiger partial charge on any atom is 0.522 e.